The molecule has 0 spiro atoms. The molecule has 128 valence electrons. The highest BCUT2D eigenvalue weighted by molar-refractivity contribution is 5.60. The van der Waals surface area contributed by atoms with Gasteiger partial charge in [-0.15, -0.1) is 0 Å². The molecule has 8 heteroatoms. The van der Waals surface area contributed by atoms with Crippen molar-refractivity contribution in [2.24, 2.45) is 0 Å². The Hall–Kier alpha value is -2.48. The second-order valence-electron chi connectivity index (χ2n) is 6.68. The molecule has 1 heterocycles. The van der Waals surface area contributed by atoms with Gasteiger partial charge in [-0.3, -0.25) is 20.2 Å². The molecule has 1 aliphatic heterocycles. The number of hydrogen-bond acceptors (Lipinski definition) is 5. The highest BCUT2D eigenvalue weighted by atomic mass is 16.6. The molecular formula is C16H21N4O4+. The molecule has 2 atom stereocenters. The van der Waals surface area contributed by atoms with Crippen molar-refractivity contribution in [2.75, 3.05) is 7.05 Å². The zero-order valence-corrected chi connectivity index (χ0v) is 13.8. The average molecular weight is 333 g/mol. The standard InChI is InChI=1S/C16H21N4O4/c1-12-17(13-5-3-4-6-13)7-8-20(12,2)16-10-14(18(21)22)9-15(11-16)19(23)24/h7-13H,3-6H2,1-2H3/q+1. The van der Waals surface area contributed by atoms with Gasteiger partial charge in [0.15, 0.2) is 11.9 Å². The minimum atomic E-state index is -0.581. The van der Waals surface area contributed by atoms with Crippen molar-refractivity contribution in [3.05, 3.63) is 50.8 Å². The Labute approximate surface area is 139 Å². The topological polar surface area (TPSA) is 89.5 Å². The van der Waals surface area contributed by atoms with Crippen LogP contribution in [0.25, 0.3) is 0 Å². The first-order valence-electron chi connectivity index (χ1n) is 8.10. The van der Waals surface area contributed by atoms with Crippen LogP contribution in [0.5, 0.6) is 0 Å². The predicted octanol–water partition coefficient (Wildman–Crippen LogP) is 3.52. The Morgan fingerprint density at radius 2 is 1.62 bits per heavy atom. The number of non-ortho nitro benzene ring substituents is 2. The van der Waals surface area contributed by atoms with Gasteiger partial charge < -0.3 is 4.90 Å². The van der Waals surface area contributed by atoms with E-state index in [0.717, 1.165) is 18.9 Å². The molecule has 1 aromatic rings. The summed E-state index contributed by atoms with van der Waals surface area (Å²) in [5.74, 6) is 0. The van der Waals surface area contributed by atoms with Crippen LogP contribution in [0.2, 0.25) is 0 Å². The first kappa shape index (κ1) is 16.4. The Balaban J connectivity index is 1.99. The number of quaternary nitrogens is 1. The van der Waals surface area contributed by atoms with Gasteiger partial charge in [0.1, 0.15) is 6.20 Å². The van der Waals surface area contributed by atoms with Crippen LogP contribution in [0.15, 0.2) is 30.6 Å². The quantitative estimate of drug-likeness (QED) is 0.478. The lowest BCUT2D eigenvalue weighted by Gasteiger charge is -2.37. The summed E-state index contributed by atoms with van der Waals surface area (Å²) in [6.45, 7) is 2.06. The lowest BCUT2D eigenvalue weighted by molar-refractivity contribution is -0.394. The summed E-state index contributed by atoms with van der Waals surface area (Å²) < 4.78 is 0.291. The van der Waals surface area contributed by atoms with Gasteiger partial charge in [-0.2, -0.15) is 0 Å². The lowest BCUT2D eigenvalue weighted by atomic mass is 10.1. The molecule has 0 aromatic heterocycles. The van der Waals surface area contributed by atoms with Crippen molar-refractivity contribution in [1.29, 1.82) is 0 Å². The third-order valence-electron chi connectivity index (χ3n) is 5.37. The van der Waals surface area contributed by atoms with Crippen LogP contribution in [-0.4, -0.2) is 34.0 Å². The molecule has 8 nitrogen and oxygen atoms in total. The molecular weight excluding hydrogens is 312 g/mol. The van der Waals surface area contributed by atoms with Crippen LogP contribution in [0, 0.1) is 20.2 Å². The second kappa shape index (κ2) is 5.86. The smallest absolute Gasteiger partial charge is 0.282 e. The van der Waals surface area contributed by atoms with E-state index in [1.165, 1.54) is 25.0 Å². The maximum atomic E-state index is 11.1. The third kappa shape index (κ3) is 2.62. The van der Waals surface area contributed by atoms with E-state index in [9.17, 15) is 20.2 Å². The van der Waals surface area contributed by atoms with Crippen LogP contribution in [0.4, 0.5) is 17.1 Å². The molecule has 0 bridgehead atoms. The van der Waals surface area contributed by atoms with E-state index in [2.05, 4.69) is 11.8 Å². The molecule has 2 unspecified atom stereocenters. The fourth-order valence-corrected chi connectivity index (χ4v) is 3.74. The SMILES string of the molecule is CC1N(C2CCCC2)C=C[N+]1(C)c1cc([N+](=O)[O-])cc([N+](=O)[O-])c1. The van der Waals surface area contributed by atoms with Crippen LogP contribution in [-0.2, 0) is 0 Å². The maximum Gasteiger partial charge on any atom is 0.282 e. The summed E-state index contributed by atoms with van der Waals surface area (Å²) in [6.07, 6.45) is 8.75. The number of rotatable bonds is 4. The molecule has 2 aliphatic rings. The van der Waals surface area contributed by atoms with Crippen molar-refractivity contribution < 1.29 is 9.85 Å². The van der Waals surface area contributed by atoms with Crippen LogP contribution < -0.4 is 4.48 Å². The number of hydrogen-bond donors (Lipinski definition) is 0. The molecule has 0 radical (unpaired) electrons. The Bertz CT molecular complexity index is 682. The summed E-state index contributed by atoms with van der Waals surface area (Å²) in [5, 5.41) is 22.3. The third-order valence-corrected chi connectivity index (χ3v) is 5.37. The van der Waals surface area contributed by atoms with E-state index in [1.54, 1.807) is 0 Å². The first-order valence-corrected chi connectivity index (χ1v) is 8.10. The van der Waals surface area contributed by atoms with Gasteiger partial charge in [0.2, 0.25) is 0 Å². The van der Waals surface area contributed by atoms with Crippen LogP contribution in [0.1, 0.15) is 32.6 Å². The fraction of sp³-hybridized carbons (Fsp3) is 0.500. The van der Waals surface area contributed by atoms with E-state index in [0.29, 0.717) is 16.2 Å². The van der Waals surface area contributed by atoms with Gasteiger partial charge in [-0.1, -0.05) is 12.8 Å². The molecule has 1 fully saturated rings. The van der Waals surface area contributed by atoms with E-state index in [4.69, 9.17) is 0 Å². The van der Waals surface area contributed by atoms with Gasteiger partial charge in [-0.25, -0.2) is 4.48 Å². The lowest BCUT2D eigenvalue weighted by Crippen LogP contribution is -2.52. The Morgan fingerprint density at radius 1 is 1.08 bits per heavy atom. The summed E-state index contributed by atoms with van der Waals surface area (Å²) >= 11 is 0. The minimum absolute atomic E-state index is 0.0368. The monoisotopic (exact) mass is 333 g/mol. The number of benzene rings is 1. The summed E-state index contributed by atoms with van der Waals surface area (Å²) in [6, 6.07) is 4.36. The van der Waals surface area contributed by atoms with E-state index >= 15 is 0 Å². The highest BCUT2D eigenvalue weighted by Gasteiger charge is 2.43. The predicted molar refractivity (Wildman–Crippen MR) is 90.2 cm³/mol. The average Bonchev–Trinajstić information content (AvgIpc) is 3.17. The molecule has 24 heavy (non-hydrogen) atoms. The van der Waals surface area contributed by atoms with E-state index in [-0.39, 0.29) is 17.5 Å². The molecule has 1 aromatic carbocycles. The minimum Gasteiger partial charge on any atom is -0.321 e. The van der Waals surface area contributed by atoms with Crippen LogP contribution in [0.3, 0.4) is 0 Å². The van der Waals surface area contributed by atoms with Crippen molar-refractivity contribution in [2.45, 2.75) is 44.8 Å². The molecule has 0 amide bonds. The summed E-state index contributed by atoms with van der Waals surface area (Å²) in [4.78, 5) is 23.4. The van der Waals surface area contributed by atoms with Gasteiger partial charge in [0.25, 0.3) is 11.4 Å². The maximum absolute atomic E-state index is 11.1. The molecule has 1 saturated carbocycles. The van der Waals surface area contributed by atoms with Crippen molar-refractivity contribution in [3.63, 3.8) is 0 Å². The van der Waals surface area contributed by atoms with Gasteiger partial charge in [-0.05, 0) is 12.8 Å². The summed E-state index contributed by atoms with van der Waals surface area (Å²) in [5.41, 5.74) is 0.0529. The van der Waals surface area contributed by atoms with Gasteiger partial charge >= 0.3 is 0 Å². The van der Waals surface area contributed by atoms with Gasteiger partial charge in [0, 0.05) is 13.0 Å². The van der Waals surface area contributed by atoms with Crippen molar-refractivity contribution >= 4 is 17.1 Å². The van der Waals surface area contributed by atoms with Crippen molar-refractivity contribution in [1.82, 2.24) is 9.38 Å². The zero-order chi connectivity index (χ0) is 17.5. The number of nitro benzene ring substituents is 2. The normalized spacial score (nSPS) is 26.9. The zero-order valence-electron chi connectivity index (χ0n) is 13.8. The van der Waals surface area contributed by atoms with Crippen LogP contribution >= 0.6 is 0 Å². The highest BCUT2D eigenvalue weighted by Crippen LogP contribution is 2.39. The van der Waals surface area contributed by atoms with Gasteiger partial charge in [0.05, 0.1) is 41.3 Å². The summed E-state index contributed by atoms with van der Waals surface area (Å²) in [7, 11) is 1.93. The molecule has 0 saturated heterocycles. The van der Waals surface area contributed by atoms with E-state index in [1.807, 2.05) is 19.4 Å². The van der Waals surface area contributed by atoms with E-state index < -0.39 is 9.85 Å². The fourth-order valence-electron chi connectivity index (χ4n) is 3.74. The molecule has 0 N–H and O–H groups in total. The second-order valence-corrected chi connectivity index (χ2v) is 6.68. The Morgan fingerprint density at radius 3 is 2.12 bits per heavy atom. The van der Waals surface area contributed by atoms with Crippen molar-refractivity contribution in [3.8, 4) is 0 Å². The molecule has 1 aliphatic carbocycles. The first-order chi connectivity index (χ1) is 11.3. The largest absolute Gasteiger partial charge is 0.321 e. The number of nitrogens with zero attached hydrogens (tertiary/aromatic N) is 4. The number of nitro groups is 2. The Kier molecular flexibility index (Phi) is 4.00. The molecule has 3 rings (SSSR count).